The molecule has 0 aliphatic rings. The van der Waals surface area contributed by atoms with Gasteiger partial charge in [-0.15, -0.1) is 0 Å². The van der Waals surface area contributed by atoms with E-state index >= 15 is 0 Å². The summed E-state index contributed by atoms with van der Waals surface area (Å²) in [5.41, 5.74) is 5.77. The highest BCUT2D eigenvalue weighted by Gasteiger charge is 2.15. The maximum Gasteiger partial charge on any atom is 0.311 e. The minimum atomic E-state index is -0.678. The van der Waals surface area contributed by atoms with E-state index in [1.807, 2.05) is 0 Å². The van der Waals surface area contributed by atoms with Crippen LogP contribution in [0.25, 0.3) is 11.3 Å². The maximum atomic E-state index is 10.6. The van der Waals surface area contributed by atoms with Gasteiger partial charge in [-0.1, -0.05) is 5.16 Å². The summed E-state index contributed by atoms with van der Waals surface area (Å²) in [5, 5.41) is 23.4. The molecule has 0 saturated carbocycles. The second kappa shape index (κ2) is 3.54. The predicted octanol–water partition coefficient (Wildman–Crippen LogP) is 1.54. The number of anilines is 1. The minimum Gasteiger partial charge on any atom is -0.502 e. The number of phenols is 1. The Balaban J connectivity index is 2.51. The van der Waals surface area contributed by atoms with E-state index in [2.05, 4.69) is 9.68 Å². The predicted molar refractivity (Wildman–Crippen MR) is 54.7 cm³/mol. The van der Waals surface area contributed by atoms with Crippen LogP contribution in [0.3, 0.4) is 0 Å². The second-order valence-electron chi connectivity index (χ2n) is 3.08. The highest BCUT2D eigenvalue weighted by molar-refractivity contribution is 5.66. The van der Waals surface area contributed by atoms with Gasteiger partial charge in [-0.3, -0.25) is 10.1 Å². The van der Waals surface area contributed by atoms with Gasteiger partial charge >= 0.3 is 5.69 Å². The van der Waals surface area contributed by atoms with Crippen LogP contribution >= 0.6 is 0 Å². The summed E-state index contributed by atoms with van der Waals surface area (Å²) in [6, 6.07) is 5.35. The van der Waals surface area contributed by atoms with Crippen molar-refractivity contribution in [2.24, 2.45) is 0 Å². The minimum absolute atomic E-state index is 0.116. The van der Waals surface area contributed by atoms with E-state index in [0.29, 0.717) is 11.3 Å². The van der Waals surface area contributed by atoms with Crippen molar-refractivity contribution < 1.29 is 14.6 Å². The van der Waals surface area contributed by atoms with Crippen molar-refractivity contribution >= 4 is 11.6 Å². The molecule has 0 atom stereocenters. The van der Waals surface area contributed by atoms with Crippen LogP contribution < -0.4 is 5.73 Å². The van der Waals surface area contributed by atoms with Crippen molar-refractivity contribution in [3.8, 4) is 17.0 Å². The fourth-order valence-electron chi connectivity index (χ4n) is 1.25. The lowest BCUT2D eigenvalue weighted by Gasteiger charge is -1.98. The molecule has 0 spiro atoms. The molecule has 0 fully saturated rings. The first-order valence-corrected chi connectivity index (χ1v) is 4.28. The van der Waals surface area contributed by atoms with E-state index in [-0.39, 0.29) is 11.6 Å². The first kappa shape index (κ1) is 9.97. The van der Waals surface area contributed by atoms with Gasteiger partial charge in [0.05, 0.1) is 4.92 Å². The zero-order valence-corrected chi connectivity index (χ0v) is 7.95. The SMILES string of the molecule is Nc1cc(-c2ccc(O)c([N+](=O)[O-])c2)no1. The first-order chi connectivity index (χ1) is 7.58. The summed E-state index contributed by atoms with van der Waals surface area (Å²) in [6.07, 6.45) is 0. The summed E-state index contributed by atoms with van der Waals surface area (Å²) in [6.45, 7) is 0. The molecule has 0 saturated heterocycles. The normalized spacial score (nSPS) is 10.2. The molecule has 0 aliphatic heterocycles. The molecule has 3 N–H and O–H groups in total. The number of benzene rings is 1. The molecule has 7 heteroatoms. The number of hydrogen-bond donors (Lipinski definition) is 2. The smallest absolute Gasteiger partial charge is 0.311 e. The summed E-state index contributed by atoms with van der Waals surface area (Å²) in [5.74, 6) is -0.282. The van der Waals surface area contributed by atoms with Crippen molar-refractivity contribution in [2.45, 2.75) is 0 Å². The Hall–Kier alpha value is -2.57. The highest BCUT2D eigenvalue weighted by atomic mass is 16.6. The largest absolute Gasteiger partial charge is 0.502 e. The van der Waals surface area contributed by atoms with E-state index < -0.39 is 10.7 Å². The molecular formula is C9H7N3O4. The average Bonchev–Trinajstić information content (AvgIpc) is 2.65. The number of hydrogen-bond acceptors (Lipinski definition) is 6. The van der Waals surface area contributed by atoms with E-state index in [1.165, 1.54) is 24.3 Å². The van der Waals surface area contributed by atoms with E-state index in [9.17, 15) is 15.2 Å². The van der Waals surface area contributed by atoms with Crippen LogP contribution in [0.5, 0.6) is 5.75 Å². The number of nitro groups is 1. The molecule has 7 nitrogen and oxygen atoms in total. The Morgan fingerprint density at radius 1 is 1.44 bits per heavy atom. The van der Waals surface area contributed by atoms with Crippen LogP contribution in [-0.4, -0.2) is 15.2 Å². The summed E-state index contributed by atoms with van der Waals surface area (Å²) in [4.78, 5) is 9.91. The van der Waals surface area contributed by atoms with Crippen molar-refractivity contribution in [1.82, 2.24) is 5.16 Å². The van der Waals surface area contributed by atoms with Crippen LogP contribution in [0, 0.1) is 10.1 Å². The Morgan fingerprint density at radius 3 is 2.75 bits per heavy atom. The van der Waals surface area contributed by atoms with E-state index in [4.69, 9.17) is 5.73 Å². The summed E-state index contributed by atoms with van der Waals surface area (Å²) >= 11 is 0. The third-order valence-corrected chi connectivity index (χ3v) is 2.00. The Labute approximate surface area is 89.2 Å². The molecule has 1 aromatic carbocycles. The number of nitrogens with two attached hydrogens (primary N) is 1. The van der Waals surface area contributed by atoms with Crippen molar-refractivity contribution in [2.75, 3.05) is 5.73 Å². The van der Waals surface area contributed by atoms with Gasteiger partial charge in [0.2, 0.25) is 5.88 Å². The van der Waals surface area contributed by atoms with Crippen molar-refractivity contribution in [1.29, 1.82) is 0 Å². The zero-order chi connectivity index (χ0) is 11.7. The van der Waals surface area contributed by atoms with Gasteiger partial charge in [0.25, 0.3) is 0 Å². The Bertz CT molecular complexity index is 549. The van der Waals surface area contributed by atoms with Gasteiger partial charge in [-0.2, -0.15) is 0 Å². The highest BCUT2D eigenvalue weighted by Crippen LogP contribution is 2.31. The molecular weight excluding hydrogens is 214 g/mol. The Morgan fingerprint density at radius 2 is 2.19 bits per heavy atom. The number of aromatic hydroxyl groups is 1. The van der Waals surface area contributed by atoms with Gasteiger partial charge < -0.3 is 15.4 Å². The molecule has 0 amide bonds. The third-order valence-electron chi connectivity index (χ3n) is 2.00. The van der Waals surface area contributed by atoms with Crippen molar-refractivity contribution in [3.05, 3.63) is 34.4 Å². The van der Waals surface area contributed by atoms with Gasteiger partial charge in [0.1, 0.15) is 5.69 Å². The van der Waals surface area contributed by atoms with Gasteiger partial charge in [0.15, 0.2) is 5.75 Å². The third kappa shape index (κ3) is 1.65. The molecule has 16 heavy (non-hydrogen) atoms. The molecule has 0 aliphatic carbocycles. The first-order valence-electron chi connectivity index (χ1n) is 4.28. The lowest BCUT2D eigenvalue weighted by atomic mass is 10.1. The number of phenolic OH excluding ortho intramolecular Hbond substituents is 1. The number of rotatable bonds is 2. The quantitative estimate of drug-likeness (QED) is 0.586. The fraction of sp³-hybridized carbons (Fsp3) is 0. The van der Waals surface area contributed by atoms with Gasteiger partial charge in [0, 0.05) is 17.7 Å². The molecule has 1 heterocycles. The van der Waals surface area contributed by atoms with Gasteiger partial charge in [-0.25, -0.2) is 0 Å². The summed E-state index contributed by atoms with van der Waals surface area (Å²) < 4.78 is 4.64. The monoisotopic (exact) mass is 221 g/mol. The second-order valence-corrected chi connectivity index (χ2v) is 3.08. The number of nitrogen functional groups attached to an aromatic ring is 1. The van der Waals surface area contributed by atoms with Crippen molar-refractivity contribution in [3.63, 3.8) is 0 Å². The fourth-order valence-corrected chi connectivity index (χ4v) is 1.25. The number of nitrogens with zero attached hydrogens (tertiary/aromatic N) is 2. The molecule has 1 aromatic heterocycles. The molecule has 0 bridgehead atoms. The van der Waals surface area contributed by atoms with Crippen LogP contribution in [0.15, 0.2) is 28.8 Å². The zero-order valence-electron chi connectivity index (χ0n) is 7.95. The standard InChI is InChI=1S/C9H7N3O4/c10-9-4-6(11-16-9)5-1-2-8(13)7(3-5)12(14)15/h1-4,13H,10H2. The number of nitro benzene ring substituents is 1. The lowest BCUT2D eigenvalue weighted by molar-refractivity contribution is -0.385. The van der Waals surface area contributed by atoms with Crippen LogP contribution in [0.1, 0.15) is 0 Å². The molecule has 2 aromatic rings. The molecule has 82 valence electrons. The van der Waals surface area contributed by atoms with E-state index in [1.54, 1.807) is 0 Å². The molecule has 2 rings (SSSR count). The van der Waals surface area contributed by atoms with Gasteiger partial charge in [-0.05, 0) is 12.1 Å². The van der Waals surface area contributed by atoms with Crippen LogP contribution in [0.2, 0.25) is 0 Å². The molecule has 0 radical (unpaired) electrons. The van der Waals surface area contributed by atoms with E-state index in [0.717, 1.165) is 0 Å². The van der Waals surface area contributed by atoms with Crippen LogP contribution in [-0.2, 0) is 0 Å². The maximum absolute atomic E-state index is 10.6. The topological polar surface area (TPSA) is 115 Å². The Kier molecular flexibility index (Phi) is 2.20. The lowest BCUT2D eigenvalue weighted by Crippen LogP contribution is -1.89. The number of aromatic nitrogens is 1. The van der Waals surface area contributed by atoms with Crippen LogP contribution in [0.4, 0.5) is 11.6 Å². The summed E-state index contributed by atoms with van der Waals surface area (Å²) in [7, 11) is 0. The molecule has 0 unspecified atom stereocenters. The average molecular weight is 221 g/mol.